The molecule has 0 aliphatic rings. The topological polar surface area (TPSA) is 90.4 Å². The molecule has 0 aliphatic heterocycles. The Kier molecular flexibility index (Phi) is 6.76. The SMILES string of the molecule is Cc1cccc(N(C)c2cc(Nc3cccc(C(=O)NCCCO)c3)ncn2)c1. The molecule has 0 atom stereocenters. The van der Waals surface area contributed by atoms with Gasteiger partial charge in [-0.2, -0.15) is 0 Å². The molecule has 7 nitrogen and oxygen atoms in total. The number of hydrogen-bond acceptors (Lipinski definition) is 6. The van der Waals surface area contributed by atoms with Crippen LogP contribution in [0.2, 0.25) is 0 Å². The highest BCUT2D eigenvalue weighted by Gasteiger charge is 2.09. The molecule has 0 aliphatic carbocycles. The van der Waals surface area contributed by atoms with E-state index >= 15 is 0 Å². The molecule has 7 heteroatoms. The largest absolute Gasteiger partial charge is 0.396 e. The fourth-order valence-corrected chi connectivity index (χ4v) is 2.84. The van der Waals surface area contributed by atoms with Crippen LogP contribution in [0.3, 0.4) is 0 Å². The third kappa shape index (κ3) is 5.52. The molecule has 1 amide bonds. The minimum absolute atomic E-state index is 0.0505. The number of rotatable bonds is 8. The van der Waals surface area contributed by atoms with Gasteiger partial charge in [0.1, 0.15) is 18.0 Å². The molecular formula is C22H25N5O2. The first kappa shape index (κ1) is 20.3. The van der Waals surface area contributed by atoms with Gasteiger partial charge < -0.3 is 20.6 Å². The van der Waals surface area contributed by atoms with Gasteiger partial charge in [0.15, 0.2) is 0 Å². The number of carbonyl (C=O) groups is 1. The maximum Gasteiger partial charge on any atom is 0.251 e. The predicted octanol–water partition coefficient (Wildman–Crippen LogP) is 3.41. The van der Waals surface area contributed by atoms with Crippen LogP contribution in [0.4, 0.5) is 23.0 Å². The second kappa shape index (κ2) is 9.66. The van der Waals surface area contributed by atoms with E-state index in [0.29, 0.717) is 24.3 Å². The summed E-state index contributed by atoms with van der Waals surface area (Å²) in [5, 5.41) is 14.8. The van der Waals surface area contributed by atoms with E-state index < -0.39 is 0 Å². The molecule has 0 bridgehead atoms. The van der Waals surface area contributed by atoms with E-state index in [-0.39, 0.29) is 12.5 Å². The van der Waals surface area contributed by atoms with Crippen LogP contribution in [0.5, 0.6) is 0 Å². The Balaban J connectivity index is 1.73. The lowest BCUT2D eigenvalue weighted by Crippen LogP contribution is -2.25. The summed E-state index contributed by atoms with van der Waals surface area (Å²) in [5.74, 6) is 1.21. The summed E-state index contributed by atoms with van der Waals surface area (Å²) in [6, 6.07) is 17.2. The van der Waals surface area contributed by atoms with Gasteiger partial charge in [-0.25, -0.2) is 9.97 Å². The fourth-order valence-electron chi connectivity index (χ4n) is 2.84. The zero-order chi connectivity index (χ0) is 20.6. The van der Waals surface area contributed by atoms with Gasteiger partial charge in [0.05, 0.1) is 0 Å². The molecule has 0 radical (unpaired) electrons. The van der Waals surface area contributed by atoms with Crippen molar-refractivity contribution in [2.45, 2.75) is 13.3 Å². The first-order valence-electron chi connectivity index (χ1n) is 9.45. The Morgan fingerprint density at radius 1 is 1.10 bits per heavy atom. The van der Waals surface area contributed by atoms with Crippen LogP contribution >= 0.6 is 0 Å². The molecular weight excluding hydrogens is 366 g/mol. The molecule has 29 heavy (non-hydrogen) atoms. The summed E-state index contributed by atoms with van der Waals surface area (Å²) in [7, 11) is 1.96. The zero-order valence-electron chi connectivity index (χ0n) is 16.6. The van der Waals surface area contributed by atoms with E-state index in [1.807, 2.05) is 42.3 Å². The summed E-state index contributed by atoms with van der Waals surface area (Å²) in [4.78, 5) is 22.8. The Bertz CT molecular complexity index is 977. The minimum Gasteiger partial charge on any atom is -0.396 e. The summed E-state index contributed by atoms with van der Waals surface area (Å²) >= 11 is 0. The van der Waals surface area contributed by atoms with Crippen molar-refractivity contribution in [1.82, 2.24) is 15.3 Å². The molecule has 0 saturated heterocycles. The highest BCUT2D eigenvalue weighted by molar-refractivity contribution is 5.95. The number of aryl methyl sites for hydroxylation is 1. The summed E-state index contributed by atoms with van der Waals surface area (Å²) in [6.07, 6.45) is 2.04. The average molecular weight is 391 g/mol. The van der Waals surface area contributed by atoms with Gasteiger partial charge in [-0.1, -0.05) is 18.2 Å². The zero-order valence-corrected chi connectivity index (χ0v) is 16.6. The van der Waals surface area contributed by atoms with Gasteiger partial charge in [-0.05, 0) is 49.2 Å². The number of anilines is 4. The second-order valence-electron chi connectivity index (χ2n) is 6.70. The molecule has 0 unspecified atom stereocenters. The second-order valence-corrected chi connectivity index (χ2v) is 6.70. The van der Waals surface area contributed by atoms with Crippen LogP contribution in [0, 0.1) is 6.92 Å². The van der Waals surface area contributed by atoms with Gasteiger partial charge in [-0.15, -0.1) is 0 Å². The van der Waals surface area contributed by atoms with Gasteiger partial charge in [0.25, 0.3) is 5.91 Å². The van der Waals surface area contributed by atoms with Crippen molar-refractivity contribution >= 4 is 28.9 Å². The predicted molar refractivity (Wildman–Crippen MR) is 115 cm³/mol. The van der Waals surface area contributed by atoms with Gasteiger partial charge in [0.2, 0.25) is 0 Å². The summed E-state index contributed by atoms with van der Waals surface area (Å²) < 4.78 is 0. The molecule has 1 heterocycles. The number of aliphatic hydroxyl groups is 1. The lowest BCUT2D eigenvalue weighted by atomic mass is 10.2. The third-order valence-electron chi connectivity index (χ3n) is 4.40. The van der Waals surface area contributed by atoms with Crippen molar-refractivity contribution in [3.8, 4) is 0 Å². The van der Waals surface area contributed by atoms with E-state index in [4.69, 9.17) is 5.11 Å². The first-order chi connectivity index (χ1) is 14.1. The molecule has 3 N–H and O–H groups in total. The number of carbonyl (C=O) groups excluding carboxylic acids is 1. The van der Waals surface area contributed by atoms with Gasteiger partial charge in [-0.3, -0.25) is 4.79 Å². The number of aliphatic hydroxyl groups excluding tert-OH is 1. The molecule has 0 spiro atoms. The third-order valence-corrected chi connectivity index (χ3v) is 4.40. The van der Waals surface area contributed by atoms with Crippen LogP contribution in [-0.2, 0) is 0 Å². The van der Waals surface area contributed by atoms with Crippen molar-refractivity contribution in [2.24, 2.45) is 0 Å². The molecule has 1 aromatic heterocycles. The normalized spacial score (nSPS) is 10.4. The maximum atomic E-state index is 12.2. The summed E-state index contributed by atoms with van der Waals surface area (Å²) in [6.45, 7) is 2.54. The van der Waals surface area contributed by atoms with E-state index in [1.165, 1.54) is 11.9 Å². The van der Waals surface area contributed by atoms with Crippen LogP contribution < -0.4 is 15.5 Å². The smallest absolute Gasteiger partial charge is 0.251 e. The number of benzene rings is 2. The van der Waals surface area contributed by atoms with E-state index in [9.17, 15) is 4.79 Å². The number of amides is 1. The van der Waals surface area contributed by atoms with E-state index in [2.05, 4.69) is 39.7 Å². The Morgan fingerprint density at radius 3 is 2.72 bits per heavy atom. The number of nitrogens with zero attached hydrogens (tertiary/aromatic N) is 3. The first-order valence-corrected chi connectivity index (χ1v) is 9.45. The Hall–Kier alpha value is -3.45. The van der Waals surface area contributed by atoms with Crippen LogP contribution in [0.1, 0.15) is 22.3 Å². The molecule has 2 aromatic carbocycles. The molecule has 0 saturated carbocycles. The van der Waals surface area contributed by atoms with Crippen molar-refractivity contribution in [3.05, 3.63) is 72.1 Å². The number of hydrogen-bond donors (Lipinski definition) is 3. The molecule has 3 aromatic rings. The van der Waals surface area contributed by atoms with Crippen molar-refractivity contribution in [1.29, 1.82) is 0 Å². The van der Waals surface area contributed by atoms with Gasteiger partial charge >= 0.3 is 0 Å². The maximum absolute atomic E-state index is 12.2. The van der Waals surface area contributed by atoms with Crippen LogP contribution in [-0.4, -0.2) is 41.2 Å². The highest BCUT2D eigenvalue weighted by Crippen LogP contribution is 2.25. The van der Waals surface area contributed by atoms with Crippen LogP contribution in [0.15, 0.2) is 60.9 Å². The quantitative estimate of drug-likeness (QED) is 0.510. The summed E-state index contributed by atoms with van der Waals surface area (Å²) in [5.41, 5.74) is 3.51. The average Bonchev–Trinajstić information content (AvgIpc) is 2.74. The lowest BCUT2D eigenvalue weighted by molar-refractivity contribution is 0.0951. The number of nitrogens with one attached hydrogen (secondary N) is 2. The van der Waals surface area contributed by atoms with Gasteiger partial charge in [0, 0.05) is 43.2 Å². The van der Waals surface area contributed by atoms with E-state index in [1.54, 1.807) is 12.1 Å². The lowest BCUT2D eigenvalue weighted by Gasteiger charge is -2.19. The van der Waals surface area contributed by atoms with Crippen molar-refractivity contribution in [3.63, 3.8) is 0 Å². The molecule has 150 valence electrons. The monoisotopic (exact) mass is 391 g/mol. The highest BCUT2D eigenvalue weighted by atomic mass is 16.3. The number of aromatic nitrogens is 2. The fraction of sp³-hybridized carbons (Fsp3) is 0.227. The van der Waals surface area contributed by atoms with E-state index in [0.717, 1.165) is 17.2 Å². The van der Waals surface area contributed by atoms with Crippen molar-refractivity contribution in [2.75, 3.05) is 30.4 Å². The van der Waals surface area contributed by atoms with Crippen LogP contribution in [0.25, 0.3) is 0 Å². The Labute approximate surface area is 170 Å². The standard InChI is InChI=1S/C22H25N5O2/c1-16-6-3-9-19(12-16)27(2)21-14-20(24-15-25-21)26-18-8-4-7-17(13-18)22(29)23-10-5-11-28/h3-4,6-9,12-15,28H,5,10-11H2,1-2H3,(H,23,29)(H,24,25,26). The molecule has 3 rings (SSSR count). The molecule has 0 fully saturated rings. The van der Waals surface area contributed by atoms with Crippen molar-refractivity contribution < 1.29 is 9.90 Å². The minimum atomic E-state index is -0.176. The Morgan fingerprint density at radius 2 is 1.93 bits per heavy atom.